The van der Waals surface area contributed by atoms with Crippen LogP contribution in [0.25, 0.3) is 5.69 Å². The van der Waals surface area contributed by atoms with Crippen LogP contribution in [-0.4, -0.2) is 55.1 Å². The fraction of sp³-hybridized carbons (Fsp3) is 0.400. The van der Waals surface area contributed by atoms with Crippen LogP contribution in [-0.2, 0) is 4.74 Å². The molecule has 2 rings (SSSR count). The molecule has 3 atom stereocenters. The zero-order valence-electron chi connectivity index (χ0n) is 12.8. The first kappa shape index (κ1) is 17.1. The van der Waals surface area contributed by atoms with Gasteiger partial charge in [-0.2, -0.15) is 0 Å². The van der Waals surface area contributed by atoms with Gasteiger partial charge in [-0.25, -0.2) is 9.48 Å². The van der Waals surface area contributed by atoms with Crippen LogP contribution in [0, 0.1) is 0 Å². The summed E-state index contributed by atoms with van der Waals surface area (Å²) in [6, 6.07) is 8.71. The molecule has 8 nitrogen and oxygen atoms in total. The zero-order chi connectivity index (χ0) is 17.0. The van der Waals surface area contributed by atoms with Crippen molar-refractivity contribution in [2.75, 3.05) is 6.61 Å². The van der Waals surface area contributed by atoms with Crippen molar-refractivity contribution in [1.82, 2.24) is 15.0 Å². The fourth-order valence-corrected chi connectivity index (χ4v) is 2.08. The Bertz CT molecular complexity index is 656. The molecule has 0 bridgehead atoms. The van der Waals surface area contributed by atoms with Crippen LogP contribution in [0.3, 0.4) is 0 Å². The van der Waals surface area contributed by atoms with Crippen LogP contribution in [0.1, 0.15) is 36.1 Å². The van der Waals surface area contributed by atoms with Gasteiger partial charge in [-0.15, -0.1) is 5.10 Å². The van der Waals surface area contributed by atoms with E-state index in [0.717, 1.165) is 0 Å². The predicted octanol–water partition coefficient (Wildman–Crippen LogP) is 0.219. The van der Waals surface area contributed by atoms with Crippen LogP contribution < -0.4 is 0 Å². The Kier molecular flexibility index (Phi) is 5.43. The Balaban J connectivity index is 2.54. The van der Waals surface area contributed by atoms with Crippen molar-refractivity contribution in [3.05, 3.63) is 41.7 Å². The van der Waals surface area contributed by atoms with Gasteiger partial charge < -0.3 is 20.1 Å². The Morgan fingerprint density at radius 3 is 2.48 bits per heavy atom. The summed E-state index contributed by atoms with van der Waals surface area (Å²) in [6.45, 7) is 3.10. The molecule has 2 aromatic rings. The number of rotatable bonds is 6. The minimum Gasteiger partial charge on any atom is -0.461 e. The third-order valence-corrected chi connectivity index (χ3v) is 3.27. The second kappa shape index (κ2) is 7.32. The molecule has 0 unspecified atom stereocenters. The number of benzene rings is 1. The quantitative estimate of drug-likeness (QED) is 0.651. The van der Waals surface area contributed by atoms with Crippen LogP contribution in [0.5, 0.6) is 0 Å². The third kappa shape index (κ3) is 3.55. The third-order valence-electron chi connectivity index (χ3n) is 3.27. The molecule has 0 saturated heterocycles. The molecule has 1 aromatic heterocycles. The second-order valence-corrected chi connectivity index (χ2v) is 4.97. The normalized spacial score (nSPS) is 15.0. The standard InChI is InChI=1S/C15H19N3O5/c1-3-23-15(22)11-12(14(21)13(20)9(2)19)18(17-16-11)10-7-5-4-6-8-10/h4-9,13-14,19-21H,3H2,1-2H3/t9-,13-,14-/m0/s1. The van der Waals surface area contributed by atoms with Gasteiger partial charge in [0.15, 0.2) is 5.69 Å². The highest BCUT2D eigenvalue weighted by Crippen LogP contribution is 2.25. The van der Waals surface area contributed by atoms with E-state index < -0.39 is 24.3 Å². The van der Waals surface area contributed by atoms with Crippen LogP contribution >= 0.6 is 0 Å². The Morgan fingerprint density at radius 1 is 1.26 bits per heavy atom. The Labute approximate surface area is 132 Å². The number of nitrogens with zero attached hydrogens (tertiary/aromatic N) is 3. The number of esters is 1. The molecule has 0 fully saturated rings. The van der Waals surface area contributed by atoms with Crippen LogP contribution in [0.15, 0.2) is 30.3 Å². The molecule has 0 aliphatic rings. The van der Waals surface area contributed by atoms with Crippen molar-refractivity contribution in [1.29, 1.82) is 0 Å². The number of aliphatic hydroxyl groups is 3. The van der Waals surface area contributed by atoms with E-state index in [9.17, 15) is 20.1 Å². The first-order valence-corrected chi connectivity index (χ1v) is 7.19. The van der Waals surface area contributed by atoms with Crippen molar-refractivity contribution >= 4 is 5.97 Å². The number of carbonyl (C=O) groups is 1. The maximum absolute atomic E-state index is 12.0. The van der Waals surface area contributed by atoms with Crippen LogP contribution in [0.4, 0.5) is 0 Å². The molecule has 3 N–H and O–H groups in total. The average Bonchev–Trinajstić information content (AvgIpc) is 2.99. The summed E-state index contributed by atoms with van der Waals surface area (Å²) in [5, 5.41) is 37.5. The molecule has 1 heterocycles. The topological polar surface area (TPSA) is 118 Å². The van der Waals surface area contributed by atoms with E-state index in [4.69, 9.17) is 4.74 Å². The maximum atomic E-state index is 12.0. The molecular weight excluding hydrogens is 302 g/mol. The van der Waals surface area contributed by atoms with Gasteiger partial charge in [0.1, 0.15) is 17.9 Å². The summed E-state index contributed by atoms with van der Waals surface area (Å²) < 4.78 is 6.14. The number of aromatic nitrogens is 3. The van der Waals surface area contributed by atoms with Crippen LogP contribution in [0.2, 0.25) is 0 Å². The second-order valence-electron chi connectivity index (χ2n) is 4.97. The van der Waals surface area contributed by atoms with E-state index in [0.29, 0.717) is 5.69 Å². The molecule has 0 saturated carbocycles. The minimum absolute atomic E-state index is 0.0388. The van der Waals surface area contributed by atoms with Gasteiger partial charge in [0.25, 0.3) is 0 Å². The summed E-state index contributed by atoms with van der Waals surface area (Å²) in [4.78, 5) is 12.0. The lowest BCUT2D eigenvalue weighted by molar-refractivity contribution is -0.0560. The largest absolute Gasteiger partial charge is 0.461 e. The summed E-state index contributed by atoms with van der Waals surface area (Å²) >= 11 is 0. The minimum atomic E-state index is -1.57. The summed E-state index contributed by atoms with van der Waals surface area (Å²) in [5.74, 6) is -0.762. The molecule has 8 heteroatoms. The lowest BCUT2D eigenvalue weighted by Crippen LogP contribution is -2.32. The molecule has 124 valence electrons. The van der Waals surface area contributed by atoms with E-state index >= 15 is 0 Å². The first-order chi connectivity index (χ1) is 11.0. The van der Waals surface area contributed by atoms with Crippen molar-refractivity contribution in [3.63, 3.8) is 0 Å². The molecule has 0 aliphatic heterocycles. The van der Waals surface area contributed by atoms with Crippen molar-refractivity contribution in [3.8, 4) is 5.69 Å². The Morgan fingerprint density at radius 2 is 1.91 bits per heavy atom. The number of para-hydroxylation sites is 1. The van der Waals surface area contributed by atoms with Gasteiger partial charge in [0, 0.05) is 0 Å². The highest BCUT2D eigenvalue weighted by atomic mass is 16.5. The number of ether oxygens (including phenoxy) is 1. The van der Waals surface area contributed by atoms with E-state index in [1.165, 1.54) is 11.6 Å². The van der Waals surface area contributed by atoms with Crippen molar-refractivity contribution in [2.24, 2.45) is 0 Å². The number of carbonyl (C=O) groups excluding carboxylic acids is 1. The monoisotopic (exact) mass is 321 g/mol. The molecule has 0 amide bonds. The molecule has 0 aliphatic carbocycles. The van der Waals surface area contributed by atoms with E-state index in [1.54, 1.807) is 37.3 Å². The average molecular weight is 321 g/mol. The molecule has 1 aromatic carbocycles. The highest BCUT2D eigenvalue weighted by molar-refractivity contribution is 5.88. The van der Waals surface area contributed by atoms with E-state index in [2.05, 4.69) is 10.3 Å². The number of hydrogen-bond donors (Lipinski definition) is 3. The highest BCUT2D eigenvalue weighted by Gasteiger charge is 2.33. The van der Waals surface area contributed by atoms with Gasteiger partial charge in [-0.05, 0) is 26.0 Å². The number of aliphatic hydroxyl groups excluding tert-OH is 3. The van der Waals surface area contributed by atoms with E-state index in [1.807, 2.05) is 0 Å². The van der Waals surface area contributed by atoms with E-state index in [-0.39, 0.29) is 18.0 Å². The predicted molar refractivity (Wildman–Crippen MR) is 80.0 cm³/mol. The molecule has 0 spiro atoms. The lowest BCUT2D eigenvalue weighted by atomic mass is 10.0. The molecule has 0 radical (unpaired) electrons. The summed E-state index contributed by atoms with van der Waals surface area (Å²) in [6.07, 6.45) is -4.28. The smallest absolute Gasteiger partial charge is 0.360 e. The van der Waals surface area contributed by atoms with Gasteiger partial charge >= 0.3 is 5.97 Å². The van der Waals surface area contributed by atoms with Crippen molar-refractivity contribution in [2.45, 2.75) is 32.2 Å². The lowest BCUT2D eigenvalue weighted by Gasteiger charge is -2.21. The Hall–Kier alpha value is -2.29. The maximum Gasteiger partial charge on any atom is 0.360 e. The van der Waals surface area contributed by atoms with Gasteiger partial charge in [0.2, 0.25) is 0 Å². The van der Waals surface area contributed by atoms with Crippen molar-refractivity contribution < 1.29 is 24.9 Å². The summed E-state index contributed by atoms with van der Waals surface area (Å²) in [5.41, 5.74) is 0.299. The SMILES string of the molecule is CCOC(=O)c1nnn(-c2ccccc2)c1[C@H](O)[C@@H](O)[C@H](C)O. The first-order valence-electron chi connectivity index (χ1n) is 7.19. The zero-order valence-corrected chi connectivity index (χ0v) is 12.8. The molecule has 23 heavy (non-hydrogen) atoms. The van der Waals surface area contributed by atoms with Gasteiger partial charge in [-0.3, -0.25) is 0 Å². The number of hydrogen-bond acceptors (Lipinski definition) is 7. The van der Waals surface area contributed by atoms with Gasteiger partial charge in [-0.1, -0.05) is 23.4 Å². The fourth-order valence-electron chi connectivity index (χ4n) is 2.08. The molecular formula is C15H19N3O5. The van der Waals surface area contributed by atoms with Gasteiger partial charge in [0.05, 0.1) is 18.4 Å². The summed E-state index contributed by atoms with van der Waals surface area (Å²) in [7, 11) is 0.